The monoisotopic (exact) mass is 379 g/mol. The molecule has 0 aliphatic carbocycles. The van der Waals surface area contributed by atoms with Crippen LogP contribution >= 0.6 is 0 Å². The highest BCUT2D eigenvalue weighted by atomic mass is 19.3. The lowest BCUT2D eigenvalue weighted by molar-refractivity contribution is -0.121. The zero-order chi connectivity index (χ0) is 20.0. The zero-order valence-corrected chi connectivity index (χ0v) is 16.3. The van der Waals surface area contributed by atoms with Gasteiger partial charge in [0.25, 0.3) is 0 Å². The van der Waals surface area contributed by atoms with Gasteiger partial charge in [0.05, 0.1) is 5.69 Å². The summed E-state index contributed by atoms with van der Waals surface area (Å²) in [5.41, 5.74) is 3.64. The summed E-state index contributed by atoms with van der Waals surface area (Å²) in [5.74, 6) is 0.432. The van der Waals surface area contributed by atoms with E-state index in [9.17, 15) is 13.6 Å². The van der Waals surface area contributed by atoms with Gasteiger partial charge in [0.2, 0.25) is 5.91 Å². The van der Waals surface area contributed by atoms with Crippen molar-refractivity contribution in [3.63, 3.8) is 0 Å². The van der Waals surface area contributed by atoms with Crippen LogP contribution < -0.4 is 10.1 Å². The van der Waals surface area contributed by atoms with Gasteiger partial charge in [-0.3, -0.25) is 9.48 Å². The molecule has 1 heterocycles. The summed E-state index contributed by atoms with van der Waals surface area (Å²) >= 11 is 0. The molecule has 0 spiro atoms. The maximum absolute atomic E-state index is 12.4. The molecular weight excluding hydrogens is 352 g/mol. The number of benzene rings is 1. The fourth-order valence-electron chi connectivity index (χ4n) is 3.00. The van der Waals surface area contributed by atoms with Gasteiger partial charge in [0.15, 0.2) is 0 Å². The Morgan fingerprint density at radius 2 is 1.96 bits per heavy atom. The Hall–Kier alpha value is -2.44. The van der Waals surface area contributed by atoms with E-state index in [0.29, 0.717) is 24.3 Å². The van der Waals surface area contributed by atoms with Gasteiger partial charge >= 0.3 is 6.61 Å². The molecular formula is C20H27F2N3O2. The number of hydrogen-bond acceptors (Lipinski definition) is 3. The van der Waals surface area contributed by atoms with E-state index in [1.807, 2.05) is 18.5 Å². The van der Waals surface area contributed by atoms with Crippen molar-refractivity contribution < 1.29 is 18.3 Å². The average molecular weight is 379 g/mol. The van der Waals surface area contributed by atoms with E-state index < -0.39 is 6.61 Å². The van der Waals surface area contributed by atoms with Crippen LogP contribution in [0.3, 0.4) is 0 Å². The first kappa shape index (κ1) is 20.9. The second-order valence-electron chi connectivity index (χ2n) is 6.99. The Balaban J connectivity index is 1.92. The van der Waals surface area contributed by atoms with Gasteiger partial charge in [-0.25, -0.2) is 0 Å². The van der Waals surface area contributed by atoms with Gasteiger partial charge in [-0.15, -0.1) is 0 Å². The number of aryl methyl sites for hydroxylation is 1. The van der Waals surface area contributed by atoms with E-state index >= 15 is 0 Å². The molecule has 5 nitrogen and oxygen atoms in total. The molecule has 0 bridgehead atoms. The second kappa shape index (κ2) is 9.48. The zero-order valence-electron chi connectivity index (χ0n) is 16.3. The molecule has 148 valence electrons. The van der Waals surface area contributed by atoms with Crippen LogP contribution in [0.2, 0.25) is 0 Å². The van der Waals surface area contributed by atoms with Crippen LogP contribution in [0, 0.1) is 19.8 Å². The first-order chi connectivity index (χ1) is 12.8. The summed E-state index contributed by atoms with van der Waals surface area (Å²) in [6, 6.07) is 6.45. The molecule has 2 rings (SSSR count). The van der Waals surface area contributed by atoms with Gasteiger partial charge in [-0.2, -0.15) is 13.9 Å². The van der Waals surface area contributed by atoms with Crippen molar-refractivity contribution in [1.29, 1.82) is 0 Å². The third-order valence-electron chi connectivity index (χ3n) is 4.34. The number of aromatic nitrogens is 2. The predicted octanol–water partition coefficient (Wildman–Crippen LogP) is 4.01. The highest BCUT2D eigenvalue weighted by molar-refractivity contribution is 5.76. The Bertz CT molecular complexity index is 773. The molecule has 1 aromatic carbocycles. The normalized spacial score (nSPS) is 11.3. The molecule has 0 aliphatic rings. The number of hydrogen-bond donors (Lipinski definition) is 1. The van der Waals surface area contributed by atoms with Crippen molar-refractivity contribution in [2.75, 3.05) is 0 Å². The first-order valence-electron chi connectivity index (χ1n) is 9.10. The molecule has 27 heavy (non-hydrogen) atoms. The minimum absolute atomic E-state index is 0.0782. The average Bonchev–Trinajstić information content (AvgIpc) is 2.84. The third kappa shape index (κ3) is 6.05. The summed E-state index contributed by atoms with van der Waals surface area (Å²) < 4.78 is 31.4. The van der Waals surface area contributed by atoms with E-state index in [4.69, 9.17) is 0 Å². The largest absolute Gasteiger partial charge is 0.434 e. The third-order valence-corrected chi connectivity index (χ3v) is 4.34. The maximum Gasteiger partial charge on any atom is 0.387 e. The van der Waals surface area contributed by atoms with E-state index in [0.717, 1.165) is 23.5 Å². The quantitative estimate of drug-likeness (QED) is 0.716. The lowest BCUT2D eigenvalue weighted by Gasteiger charge is -2.11. The molecule has 0 saturated heterocycles. The fraction of sp³-hybridized carbons (Fsp3) is 0.500. The number of ether oxygens (including phenoxy) is 1. The number of carbonyl (C=O) groups is 1. The summed E-state index contributed by atoms with van der Waals surface area (Å²) in [5, 5.41) is 7.33. The molecule has 0 radical (unpaired) electrons. The minimum atomic E-state index is -2.89. The summed E-state index contributed by atoms with van der Waals surface area (Å²) in [6.45, 7) is 6.35. The number of nitrogens with zero attached hydrogens (tertiary/aromatic N) is 2. The summed E-state index contributed by atoms with van der Waals surface area (Å²) in [6.07, 6.45) is 0.906. The fourth-order valence-corrected chi connectivity index (χ4v) is 3.00. The number of alkyl halides is 2. The van der Waals surface area contributed by atoms with Gasteiger partial charge < -0.3 is 10.1 Å². The first-order valence-corrected chi connectivity index (χ1v) is 9.10. The van der Waals surface area contributed by atoms with E-state index in [2.05, 4.69) is 29.0 Å². The Kier molecular flexibility index (Phi) is 7.33. The minimum Gasteiger partial charge on any atom is -0.434 e. The van der Waals surface area contributed by atoms with E-state index in [1.165, 1.54) is 6.07 Å². The van der Waals surface area contributed by atoms with Gasteiger partial charge in [0, 0.05) is 30.8 Å². The molecule has 1 N–H and O–H groups in total. The Labute approximate surface area is 158 Å². The van der Waals surface area contributed by atoms with Crippen LogP contribution in [0.4, 0.5) is 8.78 Å². The SMILES string of the molecule is Cc1nn(CC(C)C)c(C)c1CCC(=O)NCc1ccccc1OC(F)F. The topological polar surface area (TPSA) is 56.2 Å². The lowest BCUT2D eigenvalue weighted by atomic mass is 10.1. The van der Waals surface area contributed by atoms with Crippen LogP contribution in [0.15, 0.2) is 24.3 Å². The number of amides is 1. The molecule has 1 amide bonds. The van der Waals surface area contributed by atoms with Crippen LogP contribution in [0.1, 0.15) is 42.8 Å². The van der Waals surface area contributed by atoms with Gasteiger partial charge in [-0.05, 0) is 37.8 Å². The van der Waals surface area contributed by atoms with Crippen LogP contribution in [-0.2, 0) is 24.3 Å². The summed E-state index contributed by atoms with van der Waals surface area (Å²) in [7, 11) is 0. The molecule has 7 heteroatoms. The van der Waals surface area contributed by atoms with Gasteiger partial charge in [0.1, 0.15) is 5.75 Å². The van der Waals surface area contributed by atoms with Crippen molar-refractivity contribution >= 4 is 5.91 Å². The van der Waals surface area contributed by atoms with E-state index in [1.54, 1.807) is 18.2 Å². The lowest BCUT2D eigenvalue weighted by Crippen LogP contribution is -2.23. The number of carbonyl (C=O) groups excluding carboxylic acids is 1. The number of para-hydroxylation sites is 1. The molecule has 0 aliphatic heterocycles. The van der Waals surface area contributed by atoms with Crippen molar-refractivity contribution in [2.24, 2.45) is 5.92 Å². The highest BCUT2D eigenvalue weighted by Crippen LogP contribution is 2.20. The standard InChI is InChI=1S/C20H27F2N3O2/c1-13(2)12-25-15(4)17(14(3)24-25)9-10-19(26)23-11-16-7-5-6-8-18(16)27-20(21)22/h5-8,13,20H,9-12H2,1-4H3,(H,23,26). The smallest absolute Gasteiger partial charge is 0.387 e. The molecule has 0 atom stereocenters. The summed E-state index contributed by atoms with van der Waals surface area (Å²) in [4.78, 5) is 12.2. The molecule has 0 unspecified atom stereocenters. The molecule has 2 aromatic rings. The number of rotatable bonds is 9. The van der Waals surface area contributed by atoms with E-state index in [-0.39, 0.29) is 18.2 Å². The van der Waals surface area contributed by atoms with Crippen molar-refractivity contribution in [2.45, 2.75) is 60.2 Å². The Morgan fingerprint density at radius 1 is 1.26 bits per heavy atom. The Morgan fingerprint density at radius 3 is 2.63 bits per heavy atom. The van der Waals surface area contributed by atoms with Crippen LogP contribution in [0.5, 0.6) is 5.75 Å². The maximum atomic E-state index is 12.4. The number of halogens is 2. The second-order valence-corrected chi connectivity index (χ2v) is 6.99. The van der Waals surface area contributed by atoms with Gasteiger partial charge in [-0.1, -0.05) is 32.0 Å². The molecule has 0 fully saturated rings. The predicted molar refractivity (Wildman–Crippen MR) is 99.8 cm³/mol. The van der Waals surface area contributed by atoms with Crippen LogP contribution in [0.25, 0.3) is 0 Å². The molecule has 0 saturated carbocycles. The van der Waals surface area contributed by atoms with Crippen molar-refractivity contribution in [3.8, 4) is 5.75 Å². The molecule has 1 aromatic heterocycles. The number of nitrogens with one attached hydrogen (secondary N) is 1. The van der Waals surface area contributed by atoms with Crippen molar-refractivity contribution in [3.05, 3.63) is 46.8 Å². The van der Waals surface area contributed by atoms with Crippen LogP contribution in [-0.4, -0.2) is 22.3 Å². The van der Waals surface area contributed by atoms with Crippen molar-refractivity contribution in [1.82, 2.24) is 15.1 Å². The highest BCUT2D eigenvalue weighted by Gasteiger charge is 2.14.